The standard InChI is InChI=1S/C9H8Cl2N2O2/c1-5(9(14)15)12-13-8-3-2-6(10)4-7(8)11/h2-5H,1H3,(H,14,15). The number of hydrogen-bond acceptors (Lipinski definition) is 3. The van der Waals surface area contributed by atoms with Gasteiger partial charge in [0.05, 0.1) is 5.02 Å². The average Bonchev–Trinajstić information content (AvgIpc) is 2.15. The molecule has 0 aliphatic carbocycles. The molecule has 0 fully saturated rings. The van der Waals surface area contributed by atoms with Crippen LogP contribution < -0.4 is 0 Å². The Kier molecular flexibility index (Phi) is 4.05. The van der Waals surface area contributed by atoms with E-state index in [9.17, 15) is 4.79 Å². The number of azo groups is 1. The molecule has 1 aromatic carbocycles. The van der Waals surface area contributed by atoms with Crippen LogP contribution >= 0.6 is 23.2 Å². The summed E-state index contributed by atoms with van der Waals surface area (Å²) in [6, 6.07) is 3.80. The van der Waals surface area contributed by atoms with Gasteiger partial charge in [0.2, 0.25) is 0 Å². The van der Waals surface area contributed by atoms with Gasteiger partial charge in [0.25, 0.3) is 0 Å². The Balaban J connectivity index is 2.85. The Morgan fingerprint density at radius 1 is 1.47 bits per heavy atom. The summed E-state index contributed by atoms with van der Waals surface area (Å²) in [6.07, 6.45) is 0. The van der Waals surface area contributed by atoms with Crippen LogP contribution in [0.5, 0.6) is 0 Å². The van der Waals surface area contributed by atoms with Crippen molar-refractivity contribution < 1.29 is 9.90 Å². The molecular weight excluding hydrogens is 239 g/mol. The van der Waals surface area contributed by atoms with E-state index in [-0.39, 0.29) is 0 Å². The molecule has 0 heterocycles. The highest BCUT2D eigenvalue weighted by Gasteiger charge is 2.08. The first-order valence-corrected chi connectivity index (χ1v) is 4.85. The van der Waals surface area contributed by atoms with Crippen molar-refractivity contribution in [3.05, 3.63) is 28.2 Å². The van der Waals surface area contributed by atoms with Gasteiger partial charge < -0.3 is 5.11 Å². The first kappa shape index (κ1) is 11.9. The second-order valence-electron chi connectivity index (χ2n) is 2.83. The molecule has 0 bridgehead atoms. The number of benzene rings is 1. The SMILES string of the molecule is CC(N=Nc1ccc(Cl)cc1Cl)C(=O)O. The van der Waals surface area contributed by atoms with Crippen LogP contribution in [0, 0.1) is 0 Å². The highest BCUT2D eigenvalue weighted by molar-refractivity contribution is 6.36. The molecular formula is C9H8Cl2N2O2. The zero-order valence-electron chi connectivity index (χ0n) is 7.82. The molecule has 80 valence electrons. The summed E-state index contributed by atoms with van der Waals surface area (Å²) in [5.41, 5.74) is 0.397. The number of aliphatic carboxylic acids is 1. The highest BCUT2D eigenvalue weighted by Crippen LogP contribution is 2.28. The summed E-state index contributed by atoms with van der Waals surface area (Å²) in [4.78, 5) is 10.5. The number of nitrogens with zero attached hydrogens (tertiary/aromatic N) is 2. The molecule has 1 unspecified atom stereocenters. The lowest BCUT2D eigenvalue weighted by Gasteiger charge is -1.99. The van der Waals surface area contributed by atoms with Crippen LogP contribution in [-0.2, 0) is 4.79 Å². The van der Waals surface area contributed by atoms with Gasteiger partial charge in [0.15, 0.2) is 6.04 Å². The second kappa shape index (κ2) is 5.09. The minimum Gasteiger partial charge on any atom is -0.480 e. The average molecular weight is 247 g/mol. The van der Waals surface area contributed by atoms with Crippen LogP contribution in [-0.4, -0.2) is 17.1 Å². The van der Waals surface area contributed by atoms with E-state index in [2.05, 4.69) is 10.2 Å². The summed E-state index contributed by atoms with van der Waals surface area (Å²) < 4.78 is 0. The molecule has 0 aliphatic rings. The molecule has 0 spiro atoms. The number of halogens is 2. The molecule has 1 N–H and O–H groups in total. The third-order valence-electron chi connectivity index (χ3n) is 1.61. The largest absolute Gasteiger partial charge is 0.480 e. The number of carbonyl (C=O) groups is 1. The van der Waals surface area contributed by atoms with E-state index in [0.29, 0.717) is 15.7 Å². The van der Waals surface area contributed by atoms with Crippen LogP contribution in [0.4, 0.5) is 5.69 Å². The van der Waals surface area contributed by atoms with Crippen LogP contribution in [0.25, 0.3) is 0 Å². The fraction of sp³-hybridized carbons (Fsp3) is 0.222. The van der Waals surface area contributed by atoms with Gasteiger partial charge in [-0.1, -0.05) is 23.2 Å². The fourth-order valence-corrected chi connectivity index (χ4v) is 1.21. The van der Waals surface area contributed by atoms with Gasteiger partial charge in [-0.3, -0.25) is 0 Å². The Hall–Kier alpha value is -1.13. The molecule has 0 radical (unpaired) electrons. The Morgan fingerprint density at radius 2 is 2.13 bits per heavy atom. The third-order valence-corrected chi connectivity index (χ3v) is 2.14. The lowest BCUT2D eigenvalue weighted by Crippen LogP contribution is -2.11. The molecule has 1 atom stereocenters. The monoisotopic (exact) mass is 246 g/mol. The second-order valence-corrected chi connectivity index (χ2v) is 3.67. The zero-order valence-corrected chi connectivity index (χ0v) is 9.33. The van der Waals surface area contributed by atoms with E-state index in [1.807, 2.05) is 0 Å². The summed E-state index contributed by atoms with van der Waals surface area (Å²) in [5.74, 6) is -1.04. The number of carboxylic acid groups (broad SMARTS) is 1. The van der Waals surface area contributed by atoms with Crippen molar-refractivity contribution in [1.82, 2.24) is 0 Å². The Morgan fingerprint density at radius 3 is 2.67 bits per heavy atom. The van der Waals surface area contributed by atoms with E-state index in [1.54, 1.807) is 12.1 Å². The van der Waals surface area contributed by atoms with Crippen molar-refractivity contribution in [2.45, 2.75) is 13.0 Å². The lowest BCUT2D eigenvalue weighted by molar-refractivity contribution is -0.138. The van der Waals surface area contributed by atoms with Gasteiger partial charge in [-0.2, -0.15) is 10.2 Å². The van der Waals surface area contributed by atoms with Gasteiger partial charge in [0, 0.05) is 5.02 Å². The van der Waals surface area contributed by atoms with E-state index < -0.39 is 12.0 Å². The molecule has 1 rings (SSSR count). The summed E-state index contributed by atoms with van der Waals surface area (Å²) in [5, 5.41) is 16.7. The quantitative estimate of drug-likeness (QED) is 0.830. The van der Waals surface area contributed by atoms with Crippen LogP contribution in [0.15, 0.2) is 28.4 Å². The van der Waals surface area contributed by atoms with Crippen molar-refractivity contribution in [3.8, 4) is 0 Å². The maximum absolute atomic E-state index is 10.5. The predicted molar refractivity (Wildman–Crippen MR) is 58.1 cm³/mol. The molecule has 15 heavy (non-hydrogen) atoms. The minimum absolute atomic E-state index is 0.337. The first-order valence-electron chi connectivity index (χ1n) is 4.09. The summed E-state index contributed by atoms with van der Waals surface area (Å²) >= 11 is 11.5. The van der Waals surface area contributed by atoms with Crippen molar-refractivity contribution in [1.29, 1.82) is 0 Å². The lowest BCUT2D eigenvalue weighted by atomic mass is 10.3. The van der Waals surface area contributed by atoms with E-state index in [0.717, 1.165) is 0 Å². The highest BCUT2D eigenvalue weighted by atomic mass is 35.5. The zero-order chi connectivity index (χ0) is 11.4. The molecule has 1 aromatic rings. The smallest absolute Gasteiger partial charge is 0.330 e. The van der Waals surface area contributed by atoms with Gasteiger partial charge in [-0.15, -0.1) is 0 Å². The Bertz CT molecular complexity index is 407. The van der Waals surface area contributed by atoms with Crippen molar-refractivity contribution >= 4 is 34.9 Å². The fourth-order valence-electron chi connectivity index (χ4n) is 0.761. The van der Waals surface area contributed by atoms with E-state index in [1.165, 1.54) is 13.0 Å². The molecule has 6 heteroatoms. The van der Waals surface area contributed by atoms with Gasteiger partial charge in [0.1, 0.15) is 5.69 Å². The normalized spacial score (nSPS) is 13.0. The number of rotatable bonds is 3. The topological polar surface area (TPSA) is 62.0 Å². The van der Waals surface area contributed by atoms with E-state index in [4.69, 9.17) is 28.3 Å². The number of hydrogen-bond donors (Lipinski definition) is 1. The molecule has 0 saturated carbocycles. The maximum atomic E-state index is 10.5. The summed E-state index contributed by atoms with van der Waals surface area (Å²) in [6.45, 7) is 1.43. The molecule has 0 aliphatic heterocycles. The Labute approximate surface area is 96.5 Å². The van der Waals surface area contributed by atoms with Crippen LogP contribution in [0.2, 0.25) is 10.0 Å². The third kappa shape index (κ3) is 3.49. The van der Waals surface area contributed by atoms with Gasteiger partial charge >= 0.3 is 5.97 Å². The number of carboxylic acids is 1. The minimum atomic E-state index is -1.04. The van der Waals surface area contributed by atoms with Crippen LogP contribution in [0.1, 0.15) is 6.92 Å². The van der Waals surface area contributed by atoms with E-state index >= 15 is 0 Å². The molecule has 0 saturated heterocycles. The molecule has 4 nitrogen and oxygen atoms in total. The first-order chi connectivity index (χ1) is 7.00. The van der Waals surface area contributed by atoms with Crippen molar-refractivity contribution in [2.24, 2.45) is 10.2 Å². The van der Waals surface area contributed by atoms with Crippen molar-refractivity contribution in [3.63, 3.8) is 0 Å². The van der Waals surface area contributed by atoms with Crippen molar-refractivity contribution in [2.75, 3.05) is 0 Å². The maximum Gasteiger partial charge on any atom is 0.330 e. The predicted octanol–water partition coefficient (Wildman–Crippen LogP) is 3.55. The molecule has 0 amide bonds. The molecule has 0 aromatic heterocycles. The van der Waals surface area contributed by atoms with Gasteiger partial charge in [-0.05, 0) is 25.1 Å². The van der Waals surface area contributed by atoms with Crippen LogP contribution in [0.3, 0.4) is 0 Å². The van der Waals surface area contributed by atoms with Gasteiger partial charge in [-0.25, -0.2) is 4.79 Å². The summed E-state index contributed by atoms with van der Waals surface area (Å²) in [7, 11) is 0.